The first-order valence-electron chi connectivity index (χ1n) is 2.62. The number of hydrogen-bond donors (Lipinski definition) is 1. The molecule has 44 valence electrons. The monoisotopic (exact) mass is 105 g/mol. The Hall–Kier alpha value is -0.110. The Balaban J connectivity index is 2.83. The third-order valence-corrected chi connectivity index (χ3v) is 0.858. The molecule has 0 aromatic rings. The number of halogens is 1. The first kappa shape index (κ1) is 6.89. The summed E-state index contributed by atoms with van der Waals surface area (Å²) in [5.41, 5.74) is 5.21. The van der Waals surface area contributed by atoms with Crippen molar-refractivity contribution in [1.29, 1.82) is 0 Å². The molecule has 0 spiro atoms. The van der Waals surface area contributed by atoms with Crippen LogP contribution in [0.3, 0.4) is 0 Å². The third kappa shape index (κ3) is 3.73. The van der Waals surface area contributed by atoms with E-state index < -0.39 is 0 Å². The van der Waals surface area contributed by atoms with Gasteiger partial charge in [-0.25, -0.2) is 4.39 Å². The Morgan fingerprint density at radius 3 is 2.43 bits per heavy atom. The summed E-state index contributed by atoms with van der Waals surface area (Å²) < 4.78 is 11.4. The SMILES string of the molecule is CCC[C@@H](N)CF. The maximum Gasteiger partial charge on any atom is 0.104 e. The zero-order valence-corrected chi connectivity index (χ0v) is 4.65. The molecule has 0 heterocycles. The summed E-state index contributed by atoms with van der Waals surface area (Å²) in [6, 6.07) is -0.218. The van der Waals surface area contributed by atoms with Gasteiger partial charge in [-0.3, -0.25) is 0 Å². The van der Waals surface area contributed by atoms with Crippen LogP contribution in [0.5, 0.6) is 0 Å². The van der Waals surface area contributed by atoms with Crippen LogP contribution in [0.1, 0.15) is 19.8 Å². The first-order chi connectivity index (χ1) is 3.31. The summed E-state index contributed by atoms with van der Waals surface area (Å²) in [7, 11) is 0. The van der Waals surface area contributed by atoms with Crippen molar-refractivity contribution in [2.75, 3.05) is 6.67 Å². The number of hydrogen-bond acceptors (Lipinski definition) is 1. The Morgan fingerprint density at radius 2 is 2.29 bits per heavy atom. The molecule has 0 aromatic carbocycles. The van der Waals surface area contributed by atoms with Crippen LogP contribution in [0.4, 0.5) is 4.39 Å². The molecule has 2 N–H and O–H groups in total. The topological polar surface area (TPSA) is 26.0 Å². The molecule has 2 heteroatoms. The number of rotatable bonds is 3. The van der Waals surface area contributed by atoms with Crippen LogP contribution in [-0.2, 0) is 0 Å². The second kappa shape index (κ2) is 4.06. The van der Waals surface area contributed by atoms with Gasteiger partial charge in [-0.15, -0.1) is 0 Å². The summed E-state index contributed by atoms with van der Waals surface area (Å²) in [6.07, 6.45) is 1.78. The maximum absolute atomic E-state index is 11.4. The minimum absolute atomic E-state index is 0.218. The minimum Gasteiger partial charge on any atom is -0.325 e. The average Bonchev–Trinajstić information content (AvgIpc) is 1.68. The van der Waals surface area contributed by atoms with Crippen molar-refractivity contribution in [3.63, 3.8) is 0 Å². The van der Waals surface area contributed by atoms with E-state index in [1.165, 1.54) is 0 Å². The fourth-order valence-corrected chi connectivity index (χ4v) is 0.448. The van der Waals surface area contributed by atoms with Crippen LogP contribution < -0.4 is 5.73 Å². The zero-order chi connectivity index (χ0) is 5.70. The molecule has 0 fully saturated rings. The normalized spacial score (nSPS) is 14.1. The molecule has 0 amide bonds. The summed E-state index contributed by atoms with van der Waals surface area (Å²) >= 11 is 0. The molecule has 0 rings (SSSR count). The lowest BCUT2D eigenvalue weighted by molar-refractivity contribution is 0.411. The highest BCUT2D eigenvalue weighted by atomic mass is 19.1. The fraction of sp³-hybridized carbons (Fsp3) is 1.00. The van der Waals surface area contributed by atoms with Crippen molar-refractivity contribution in [2.45, 2.75) is 25.8 Å². The molecule has 0 aliphatic heterocycles. The molecule has 0 aromatic heterocycles. The van der Waals surface area contributed by atoms with Crippen molar-refractivity contribution in [3.05, 3.63) is 0 Å². The summed E-state index contributed by atoms with van der Waals surface area (Å²) in [5, 5.41) is 0. The van der Waals surface area contributed by atoms with E-state index in [0.717, 1.165) is 12.8 Å². The molecular weight excluding hydrogens is 93.1 g/mol. The van der Waals surface area contributed by atoms with E-state index >= 15 is 0 Å². The number of nitrogens with two attached hydrogens (primary N) is 1. The van der Waals surface area contributed by atoms with Crippen LogP contribution in [0, 0.1) is 0 Å². The Morgan fingerprint density at radius 1 is 1.71 bits per heavy atom. The summed E-state index contributed by atoms with van der Waals surface area (Å²) in [5.74, 6) is 0. The molecule has 0 unspecified atom stereocenters. The molecule has 0 radical (unpaired) electrons. The zero-order valence-electron chi connectivity index (χ0n) is 4.65. The van der Waals surface area contributed by atoms with E-state index in [1.807, 2.05) is 6.92 Å². The average molecular weight is 105 g/mol. The van der Waals surface area contributed by atoms with E-state index in [9.17, 15) is 4.39 Å². The van der Waals surface area contributed by atoms with Crippen LogP contribution in [0.15, 0.2) is 0 Å². The van der Waals surface area contributed by atoms with Gasteiger partial charge < -0.3 is 5.73 Å². The van der Waals surface area contributed by atoms with Crippen LogP contribution in [-0.4, -0.2) is 12.7 Å². The van der Waals surface area contributed by atoms with Gasteiger partial charge in [0, 0.05) is 6.04 Å². The second-order valence-corrected chi connectivity index (χ2v) is 1.70. The van der Waals surface area contributed by atoms with E-state index in [-0.39, 0.29) is 12.7 Å². The Labute approximate surface area is 43.7 Å². The second-order valence-electron chi connectivity index (χ2n) is 1.70. The maximum atomic E-state index is 11.4. The Kier molecular flexibility index (Phi) is 4.00. The minimum atomic E-state index is -0.381. The highest BCUT2D eigenvalue weighted by Crippen LogP contribution is 1.91. The summed E-state index contributed by atoms with van der Waals surface area (Å²) in [6.45, 7) is 1.61. The van der Waals surface area contributed by atoms with Crippen LogP contribution in [0.2, 0.25) is 0 Å². The fourth-order valence-electron chi connectivity index (χ4n) is 0.448. The molecule has 1 atom stereocenters. The van der Waals surface area contributed by atoms with Crippen molar-refractivity contribution < 1.29 is 4.39 Å². The molecular formula is C5H12FN. The van der Waals surface area contributed by atoms with Crippen LogP contribution >= 0.6 is 0 Å². The highest BCUT2D eigenvalue weighted by molar-refractivity contribution is 4.55. The quantitative estimate of drug-likeness (QED) is 0.571. The van der Waals surface area contributed by atoms with Crippen molar-refractivity contribution in [3.8, 4) is 0 Å². The van der Waals surface area contributed by atoms with Gasteiger partial charge in [0.2, 0.25) is 0 Å². The lowest BCUT2D eigenvalue weighted by Gasteiger charge is -2.00. The van der Waals surface area contributed by atoms with Gasteiger partial charge in [-0.05, 0) is 6.42 Å². The van der Waals surface area contributed by atoms with Gasteiger partial charge in [0.15, 0.2) is 0 Å². The summed E-state index contributed by atoms with van der Waals surface area (Å²) in [4.78, 5) is 0. The molecule has 7 heavy (non-hydrogen) atoms. The van der Waals surface area contributed by atoms with Gasteiger partial charge in [0.1, 0.15) is 6.67 Å². The van der Waals surface area contributed by atoms with Gasteiger partial charge >= 0.3 is 0 Å². The predicted molar refractivity (Wildman–Crippen MR) is 28.9 cm³/mol. The van der Waals surface area contributed by atoms with Crippen LogP contribution in [0.25, 0.3) is 0 Å². The van der Waals surface area contributed by atoms with Gasteiger partial charge in [0.05, 0.1) is 0 Å². The van der Waals surface area contributed by atoms with Gasteiger partial charge in [-0.1, -0.05) is 13.3 Å². The van der Waals surface area contributed by atoms with Crippen molar-refractivity contribution in [2.24, 2.45) is 5.73 Å². The van der Waals surface area contributed by atoms with E-state index in [0.29, 0.717) is 0 Å². The molecule has 0 aliphatic carbocycles. The van der Waals surface area contributed by atoms with E-state index in [4.69, 9.17) is 5.73 Å². The smallest absolute Gasteiger partial charge is 0.104 e. The third-order valence-electron chi connectivity index (χ3n) is 0.858. The predicted octanol–water partition coefficient (Wildman–Crippen LogP) is 1.08. The molecule has 0 aliphatic rings. The largest absolute Gasteiger partial charge is 0.325 e. The van der Waals surface area contributed by atoms with Gasteiger partial charge in [0.25, 0.3) is 0 Å². The molecule has 0 saturated carbocycles. The van der Waals surface area contributed by atoms with E-state index in [2.05, 4.69) is 0 Å². The van der Waals surface area contributed by atoms with Crippen molar-refractivity contribution >= 4 is 0 Å². The lowest BCUT2D eigenvalue weighted by atomic mass is 10.2. The standard InChI is InChI=1S/C5H12FN/c1-2-3-5(7)4-6/h5H,2-4,7H2,1H3/t5-/m1/s1. The molecule has 0 bridgehead atoms. The molecule has 1 nitrogen and oxygen atoms in total. The van der Waals surface area contributed by atoms with Crippen molar-refractivity contribution in [1.82, 2.24) is 0 Å². The number of alkyl halides is 1. The van der Waals surface area contributed by atoms with Gasteiger partial charge in [-0.2, -0.15) is 0 Å². The van der Waals surface area contributed by atoms with E-state index in [1.54, 1.807) is 0 Å². The Bertz CT molecular complexity index is 39.1. The molecule has 0 saturated heterocycles. The highest BCUT2D eigenvalue weighted by Gasteiger charge is 1.95. The lowest BCUT2D eigenvalue weighted by Crippen LogP contribution is -2.21. The first-order valence-corrected chi connectivity index (χ1v) is 2.62.